The molecule has 0 aliphatic heterocycles. The summed E-state index contributed by atoms with van der Waals surface area (Å²) in [6.45, 7) is 6.62. The summed E-state index contributed by atoms with van der Waals surface area (Å²) in [6.07, 6.45) is 1.60. The molecule has 1 heterocycles. The molecule has 0 aliphatic carbocycles. The van der Waals surface area contributed by atoms with Crippen molar-refractivity contribution in [3.8, 4) is 0 Å². The standard InChI is InChI=1S/C5H4BrN3/c1-7-5-8-3-4(6)9(5)2/h3H,2H3. The zero-order chi connectivity index (χ0) is 6.85. The van der Waals surface area contributed by atoms with Gasteiger partial charge in [-0.3, -0.25) is 4.57 Å². The van der Waals surface area contributed by atoms with E-state index in [2.05, 4.69) is 25.8 Å². The zero-order valence-corrected chi connectivity index (χ0v) is 6.38. The molecule has 1 aromatic rings. The van der Waals surface area contributed by atoms with Crippen molar-refractivity contribution in [2.45, 2.75) is 0 Å². The molecule has 0 amide bonds. The molecule has 3 nitrogen and oxygen atoms in total. The maximum absolute atomic E-state index is 6.62. The van der Waals surface area contributed by atoms with Crippen LogP contribution in [0.25, 0.3) is 4.85 Å². The highest BCUT2D eigenvalue weighted by molar-refractivity contribution is 9.10. The molecular weight excluding hydrogens is 182 g/mol. The molecule has 0 aliphatic rings. The van der Waals surface area contributed by atoms with E-state index in [1.807, 2.05) is 0 Å². The molecule has 0 N–H and O–H groups in total. The van der Waals surface area contributed by atoms with E-state index in [-0.39, 0.29) is 0 Å². The summed E-state index contributed by atoms with van der Waals surface area (Å²) >= 11 is 3.21. The van der Waals surface area contributed by atoms with Gasteiger partial charge in [0.2, 0.25) is 0 Å². The fourth-order valence-electron chi connectivity index (χ4n) is 0.484. The molecule has 0 radical (unpaired) electrons. The average Bonchev–Trinajstić information content (AvgIpc) is 2.15. The third-order valence-corrected chi connectivity index (χ3v) is 1.74. The van der Waals surface area contributed by atoms with E-state index >= 15 is 0 Å². The fraction of sp³-hybridized carbons (Fsp3) is 0.200. The van der Waals surface area contributed by atoms with Gasteiger partial charge in [-0.25, -0.2) is 0 Å². The number of hydrogen-bond donors (Lipinski definition) is 0. The molecule has 1 rings (SSSR count). The first-order valence-corrected chi connectivity index (χ1v) is 3.09. The van der Waals surface area contributed by atoms with Crippen LogP contribution in [-0.2, 0) is 7.05 Å². The first kappa shape index (κ1) is 6.30. The molecule has 9 heavy (non-hydrogen) atoms. The van der Waals surface area contributed by atoms with E-state index in [4.69, 9.17) is 6.57 Å². The van der Waals surface area contributed by atoms with Crippen molar-refractivity contribution in [1.29, 1.82) is 0 Å². The Hall–Kier alpha value is -0.820. The van der Waals surface area contributed by atoms with E-state index < -0.39 is 0 Å². The third kappa shape index (κ3) is 0.958. The fourth-order valence-corrected chi connectivity index (χ4v) is 0.745. The predicted molar refractivity (Wildman–Crippen MR) is 37.2 cm³/mol. The van der Waals surface area contributed by atoms with E-state index in [0.717, 1.165) is 4.60 Å². The Balaban J connectivity index is 3.24. The van der Waals surface area contributed by atoms with Crippen molar-refractivity contribution in [1.82, 2.24) is 9.55 Å². The lowest BCUT2D eigenvalue weighted by atomic mass is 10.9. The van der Waals surface area contributed by atoms with Crippen molar-refractivity contribution in [3.63, 3.8) is 0 Å². The van der Waals surface area contributed by atoms with Gasteiger partial charge in [-0.15, -0.1) is 6.57 Å². The second-order valence-corrected chi connectivity index (χ2v) is 2.36. The van der Waals surface area contributed by atoms with Crippen molar-refractivity contribution in [3.05, 3.63) is 22.2 Å². The van der Waals surface area contributed by atoms with Gasteiger partial charge in [-0.2, -0.15) is 4.98 Å². The molecule has 0 saturated carbocycles. The Morgan fingerprint density at radius 2 is 2.56 bits per heavy atom. The Labute approximate surface area is 61.3 Å². The summed E-state index contributed by atoms with van der Waals surface area (Å²) in [6, 6.07) is 0. The number of aromatic nitrogens is 2. The van der Waals surface area contributed by atoms with Crippen LogP contribution >= 0.6 is 15.9 Å². The minimum Gasteiger partial charge on any atom is -0.397 e. The van der Waals surface area contributed by atoms with Gasteiger partial charge < -0.3 is 4.85 Å². The minimum atomic E-state index is 0.405. The van der Waals surface area contributed by atoms with Crippen LogP contribution in [0.1, 0.15) is 0 Å². The summed E-state index contributed by atoms with van der Waals surface area (Å²) in [5.74, 6) is 0.405. The van der Waals surface area contributed by atoms with Crippen LogP contribution < -0.4 is 0 Å². The molecule has 4 heteroatoms. The quantitative estimate of drug-likeness (QED) is 0.565. The highest BCUT2D eigenvalue weighted by Crippen LogP contribution is 2.15. The second kappa shape index (κ2) is 2.19. The predicted octanol–water partition coefficient (Wildman–Crippen LogP) is 1.73. The minimum absolute atomic E-state index is 0.405. The maximum Gasteiger partial charge on any atom is 0.339 e. The Morgan fingerprint density at radius 1 is 1.89 bits per heavy atom. The second-order valence-electron chi connectivity index (χ2n) is 1.55. The number of hydrogen-bond acceptors (Lipinski definition) is 1. The normalized spacial score (nSPS) is 9.00. The molecule has 1 aromatic heterocycles. The maximum atomic E-state index is 6.62. The molecule has 46 valence electrons. The largest absolute Gasteiger partial charge is 0.397 e. The van der Waals surface area contributed by atoms with Crippen molar-refractivity contribution in [2.24, 2.45) is 7.05 Å². The van der Waals surface area contributed by atoms with Crippen LogP contribution in [0, 0.1) is 6.57 Å². The Morgan fingerprint density at radius 3 is 2.78 bits per heavy atom. The van der Waals surface area contributed by atoms with E-state index in [1.165, 1.54) is 0 Å². The van der Waals surface area contributed by atoms with Crippen LogP contribution in [0.4, 0.5) is 5.95 Å². The van der Waals surface area contributed by atoms with Gasteiger partial charge in [-0.05, 0) is 15.9 Å². The first-order chi connectivity index (χ1) is 4.25. The summed E-state index contributed by atoms with van der Waals surface area (Å²) in [5.41, 5.74) is 0. The van der Waals surface area contributed by atoms with Gasteiger partial charge in [0.1, 0.15) is 6.20 Å². The SMILES string of the molecule is [C-]#[N+]c1ncc(Br)n1C. The van der Waals surface area contributed by atoms with E-state index in [9.17, 15) is 0 Å². The first-order valence-electron chi connectivity index (χ1n) is 2.30. The molecule has 0 fully saturated rings. The summed E-state index contributed by atoms with van der Waals surface area (Å²) in [5, 5.41) is 0. The monoisotopic (exact) mass is 185 g/mol. The zero-order valence-electron chi connectivity index (χ0n) is 4.80. The topological polar surface area (TPSA) is 22.2 Å². The molecule has 0 bridgehead atoms. The lowest BCUT2D eigenvalue weighted by Crippen LogP contribution is -1.83. The molecule has 0 aromatic carbocycles. The molecule has 0 atom stereocenters. The van der Waals surface area contributed by atoms with Crippen LogP contribution in [0.2, 0.25) is 0 Å². The Kier molecular flexibility index (Phi) is 1.54. The molecule has 0 saturated heterocycles. The molecule has 0 spiro atoms. The Bertz CT molecular complexity index is 258. The lowest BCUT2D eigenvalue weighted by Gasteiger charge is -1.89. The van der Waals surface area contributed by atoms with Gasteiger partial charge in [0.15, 0.2) is 4.60 Å². The van der Waals surface area contributed by atoms with Gasteiger partial charge in [-0.1, -0.05) is 0 Å². The molecular formula is C5H4BrN3. The summed E-state index contributed by atoms with van der Waals surface area (Å²) < 4.78 is 2.50. The number of halogens is 1. The van der Waals surface area contributed by atoms with Crippen molar-refractivity contribution >= 4 is 21.9 Å². The number of nitrogens with zero attached hydrogens (tertiary/aromatic N) is 3. The van der Waals surface area contributed by atoms with Gasteiger partial charge in [0.25, 0.3) is 0 Å². The number of rotatable bonds is 0. The highest BCUT2D eigenvalue weighted by Gasteiger charge is 2.02. The average molecular weight is 186 g/mol. The smallest absolute Gasteiger partial charge is 0.339 e. The van der Waals surface area contributed by atoms with Crippen LogP contribution in [0.5, 0.6) is 0 Å². The van der Waals surface area contributed by atoms with Crippen LogP contribution in [0.3, 0.4) is 0 Å². The summed E-state index contributed by atoms with van der Waals surface area (Å²) in [4.78, 5) is 6.96. The van der Waals surface area contributed by atoms with Crippen molar-refractivity contribution < 1.29 is 0 Å². The van der Waals surface area contributed by atoms with Crippen molar-refractivity contribution in [2.75, 3.05) is 0 Å². The third-order valence-electron chi connectivity index (χ3n) is 1.01. The number of imidazole rings is 1. The van der Waals surface area contributed by atoms with Gasteiger partial charge in [0, 0.05) is 7.05 Å². The van der Waals surface area contributed by atoms with E-state index in [1.54, 1.807) is 17.8 Å². The summed E-state index contributed by atoms with van der Waals surface area (Å²) in [7, 11) is 1.78. The highest BCUT2D eigenvalue weighted by atomic mass is 79.9. The van der Waals surface area contributed by atoms with E-state index in [0.29, 0.717) is 5.95 Å². The van der Waals surface area contributed by atoms with Crippen LogP contribution in [0.15, 0.2) is 10.8 Å². The molecule has 0 unspecified atom stereocenters. The van der Waals surface area contributed by atoms with Gasteiger partial charge >= 0.3 is 5.95 Å². The van der Waals surface area contributed by atoms with Crippen LogP contribution in [-0.4, -0.2) is 9.55 Å². The van der Waals surface area contributed by atoms with Gasteiger partial charge in [0.05, 0.1) is 0 Å². The lowest BCUT2D eigenvalue weighted by molar-refractivity contribution is 0.913.